The Balaban J connectivity index is 1.19. The Morgan fingerprint density at radius 3 is 2.62 bits per heavy atom. The Bertz CT molecular complexity index is 1420. The zero-order valence-corrected chi connectivity index (χ0v) is 17.9. The molecule has 0 aliphatic carbocycles. The van der Waals surface area contributed by atoms with Crippen LogP contribution in [0.15, 0.2) is 73.1 Å². The standard InChI is InChI=1S/C25H23N5O2/c1-17-7-12-23-27-19(15-30(23)14-17)16-32-20-10-8-18(9-11-20)25(31)26-13-24-28-21-5-3-4-6-22(21)29(24)2/h3-12,14-15H,13,16H2,1-2H3,(H,26,31). The molecule has 0 saturated carbocycles. The highest BCUT2D eigenvalue weighted by Crippen LogP contribution is 2.16. The van der Waals surface area contributed by atoms with Crippen molar-refractivity contribution in [1.82, 2.24) is 24.3 Å². The third kappa shape index (κ3) is 3.92. The van der Waals surface area contributed by atoms with Crippen LogP contribution in [0.5, 0.6) is 5.75 Å². The SMILES string of the molecule is Cc1ccc2nc(COc3ccc(C(=O)NCc4nc5ccccc5n4C)cc3)cn2c1. The summed E-state index contributed by atoms with van der Waals surface area (Å²) in [5.41, 5.74) is 5.44. The van der Waals surface area contributed by atoms with E-state index in [2.05, 4.69) is 15.3 Å². The molecule has 0 atom stereocenters. The minimum atomic E-state index is -0.153. The molecule has 0 fully saturated rings. The van der Waals surface area contributed by atoms with Gasteiger partial charge in [-0.25, -0.2) is 9.97 Å². The number of rotatable bonds is 6. The molecule has 7 heteroatoms. The van der Waals surface area contributed by atoms with Crippen LogP contribution in [0.3, 0.4) is 0 Å². The van der Waals surface area contributed by atoms with E-state index >= 15 is 0 Å². The smallest absolute Gasteiger partial charge is 0.251 e. The van der Waals surface area contributed by atoms with Crippen molar-refractivity contribution in [2.45, 2.75) is 20.1 Å². The average Bonchev–Trinajstić information content (AvgIpc) is 3.36. The Hall–Kier alpha value is -4.13. The van der Waals surface area contributed by atoms with Crippen LogP contribution in [0.1, 0.15) is 27.4 Å². The quantitative estimate of drug-likeness (QED) is 0.446. The number of aromatic nitrogens is 4. The molecule has 32 heavy (non-hydrogen) atoms. The van der Waals surface area contributed by atoms with Crippen molar-refractivity contribution in [3.05, 3.63) is 95.7 Å². The lowest BCUT2D eigenvalue weighted by molar-refractivity contribution is 0.0949. The van der Waals surface area contributed by atoms with E-state index in [4.69, 9.17) is 4.74 Å². The van der Waals surface area contributed by atoms with Crippen LogP contribution in [0, 0.1) is 6.92 Å². The Kier molecular flexibility index (Phi) is 5.07. The summed E-state index contributed by atoms with van der Waals surface area (Å²) < 4.78 is 9.83. The molecule has 3 heterocycles. The number of ether oxygens (including phenoxy) is 1. The summed E-state index contributed by atoms with van der Waals surface area (Å²) in [7, 11) is 1.95. The maximum Gasteiger partial charge on any atom is 0.251 e. The van der Waals surface area contributed by atoms with Gasteiger partial charge in [0.05, 0.1) is 23.3 Å². The number of para-hydroxylation sites is 2. The van der Waals surface area contributed by atoms with Gasteiger partial charge in [0, 0.05) is 25.0 Å². The highest BCUT2D eigenvalue weighted by molar-refractivity contribution is 5.94. The zero-order chi connectivity index (χ0) is 22.1. The number of carbonyl (C=O) groups excluding carboxylic acids is 1. The molecule has 1 N–H and O–H groups in total. The number of hydrogen-bond donors (Lipinski definition) is 1. The lowest BCUT2D eigenvalue weighted by Crippen LogP contribution is -2.24. The van der Waals surface area contributed by atoms with Gasteiger partial charge in [-0.2, -0.15) is 0 Å². The Labute approximate surface area is 185 Å². The Morgan fingerprint density at radius 1 is 1.00 bits per heavy atom. The van der Waals surface area contributed by atoms with E-state index in [9.17, 15) is 4.79 Å². The lowest BCUT2D eigenvalue weighted by Gasteiger charge is -2.07. The molecule has 1 amide bonds. The molecule has 7 nitrogen and oxygen atoms in total. The van der Waals surface area contributed by atoms with Crippen LogP contribution >= 0.6 is 0 Å². The molecule has 2 aromatic carbocycles. The van der Waals surface area contributed by atoms with E-state index < -0.39 is 0 Å². The van der Waals surface area contributed by atoms with Crippen LogP contribution in [0.2, 0.25) is 0 Å². The molecule has 0 spiro atoms. The third-order valence-electron chi connectivity index (χ3n) is 5.44. The van der Waals surface area contributed by atoms with Crippen molar-refractivity contribution in [2.75, 3.05) is 0 Å². The summed E-state index contributed by atoms with van der Waals surface area (Å²) in [6.45, 7) is 2.76. The number of pyridine rings is 1. The third-order valence-corrected chi connectivity index (χ3v) is 5.44. The molecule has 5 rings (SSSR count). The topological polar surface area (TPSA) is 73.4 Å². The number of fused-ring (bicyclic) bond motifs is 2. The first-order valence-electron chi connectivity index (χ1n) is 10.4. The Morgan fingerprint density at radius 2 is 1.81 bits per heavy atom. The number of aryl methyl sites for hydroxylation is 2. The highest BCUT2D eigenvalue weighted by Gasteiger charge is 2.10. The van der Waals surface area contributed by atoms with Gasteiger partial charge in [-0.1, -0.05) is 18.2 Å². The molecule has 0 aliphatic heterocycles. The first kappa shape index (κ1) is 19.8. The van der Waals surface area contributed by atoms with Gasteiger partial charge < -0.3 is 19.0 Å². The molecule has 160 valence electrons. The number of carbonyl (C=O) groups is 1. The molecular weight excluding hydrogens is 402 g/mol. The number of nitrogens with one attached hydrogen (secondary N) is 1. The van der Waals surface area contributed by atoms with E-state index in [1.54, 1.807) is 24.3 Å². The summed E-state index contributed by atoms with van der Waals surface area (Å²) in [6, 6.07) is 19.0. The minimum Gasteiger partial charge on any atom is -0.487 e. The average molecular weight is 425 g/mol. The van der Waals surface area contributed by atoms with Crippen LogP contribution in [0.4, 0.5) is 0 Å². The van der Waals surface area contributed by atoms with Gasteiger partial charge in [0.2, 0.25) is 0 Å². The van der Waals surface area contributed by atoms with Gasteiger partial charge in [0.15, 0.2) is 0 Å². The van der Waals surface area contributed by atoms with Gasteiger partial charge in [-0.05, 0) is 55.0 Å². The normalized spacial score (nSPS) is 11.2. The fraction of sp³-hybridized carbons (Fsp3) is 0.160. The van der Waals surface area contributed by atoms with Crippen molar-refractivity contribution in [1.29, 1.82) is 0 Å². The van der Waals surface area contributed by atoms with Gasteiger partial charge in [0.1, 0.15) is 23.8 Å². The van der Waals surface area contributed by atoms with Crippen molar-refractivity contribution in [2.24, 2.45) is 7.05 Å². The van der Waals surface area contributed by atoms with Crippen molar-refractivity contribution in [3.63, 3.8) is 0 Å². The highest BCUT2D eigenvalue weighted by atomic mass is 16.5. The number of nitrogens with zero attached hydrogens (tertiary/aromatic N) is 4. The molecular formula is C25H23N5O2. The van der Waals surface area contributed by atoms with Crippen molar-refractivity contribution in [3.8, 4) is 5.75 Å². The molecule has 0 saturated heterocycles. The lowest BCUT2D eigenvalue weighted by atomic mass is 10.2. The van der Waals surface area contributed by atoms with Gasteiger partial charge >= 0.3 is 0 Å². The zero-order valence-electron chi connectivity index (χ0n) is 17.9. The molecule has 0 bridgehead atoms. The number of imidazole rings is 2. The summed E-state index contributed by atoms with van der Waals surface area (Å²) >= 11 is 0. The fourth-order valence-electron chi connectivity index (χ4n) is 3.70. The second-order valence-corrected chi connectivity index (χ2v) is 7.78. The van der Waals surface area contributed by atoms with Crippen LogP contribution < -0.4 is 10.1 Å². The first-order chi connectivity index (χ1) is 15.6. The molecule has 5 aromatic rings. The van der Waals surface area contributed by atoms with Gasteiger partial charge in [-0.3, -0.25) is 4.79 Å². The second kappa shape index (κ2) is 8.19. The molecule has 0 radical (unpaired) electrons. The van der Waals surface area contributed by atoms with Crippen LogP contribution in [0.25, 0.3) is 16.7 Å². The minimum absolute atomic E-state index is 0.153. The van der Waals surface area contributed by atoms with Crippen molar-refractivity contribution < 1.29 is 9.53 Å². The monoisotopic (exact) mass is 425 g/mol. The maximum absolute atomic E-state index is 12.6. The predicted molar refractivity (Wildman–Crippen MR) is 123 cm³/mol. The number of benzene rings is 2. The number of amides is 1. The second-order valence-electron chi connectivity index (χ2n) is 7.78. The van der Waals surface area contributed by atoms with E-state index in [1.807, 2.05) is 71.7 Å². The summed E-state index contributed by atoms with van der Waals surface area (Å²) in [5, 5.41) is 2.94. The van der Waals surface area contributed by atoms with Crippen LogP contribution in [-0.2, 0) is 20.2 Å². The fourth-order valence-corrected chi connectivity index (χ4v) is 3.70. The van der Waals surface area contributed by atoms with Crippen molar-refractivity contribution >= 4 is 22.6 Å². The maximum atomic E-state index is 12.6. The van der Waals surface area contributed by atoms with E-state index in [1.165, 1.54) is 5.56 Å². The summed E-state index contributed by atoms with van der Waals surface area (Å²) in [6.07, 6.45) is 4.00. The predicted octanol–water partition coefficient (Wildman–Crippen LogP) is 4.04. The van der Waals surface area contributed by atoms with E-state index in [0.717, 1.165) is 28.2 Å². The van der Waals surface area contributed by atoms with Crippen LogP contribution in [-0.4, -0.2) is 24.8 Å². The molecule has 0 unspecified atom stereocenters. The van der Waals surface area contributed by atoms with Gasteiger partial charge in [0.25, 0.3) is 5.91 Å². The van der Waals surface area contributed by atoms with Gasteiger partial charge in [-0.15, -0.1) is 0 Å². The first-order valence-corrected chi connectivity index (χ1v) is 10.4. The summed E-state index contributed by atoms with van der Waals surface area (Å²) in [4.78, 5) is 21.7. The largest absolute Gasteiger partial charge is 0.487 e. The summed E-state index contributed by atoms with van der Waals surface area (Å²) in [5.74, 6) is 1.34. The molecule has 3 aromatic heterocycles. The number of hydrogen-bond acceptors (Lipinski definition) is 4. The molecule has 0 aliphatic rings. The van der Waals surface area contributed by atoms with E-state index in [-0.39, 0.29) is 5.91 Å². The van der Waals surface area contributed by atoms with E-state index in [0.29, 0.717) is 24.5 Å².